The van der Waals surface area contributed by atoms with Gasteiger partial charge in [0.25, 0.3) is 5.91 Å². The van der Waals surface area contributed by atoms with Crippen molar-refractivity contribution >= 4 is 23.2 Å². The Hall–Kier alpha value is -2.56. The second kappa shape index (κ2) is 11.7. The molecule has 0 aliphatic heterocycles. The van der Waals surface area contributed by atoms with Gasteiger partial charge in [-0.3, -0.25) is 4.79 Å². The molecule has 2 aromatic rings. The maximum atomic E-state index is 12.5. The summed E-state index contributed by atoms with van der Waals surface area (Å²) >= 11 is 1.68. The minimum absolute atomic E-state index is 0.108. The highest BCUT2D eigenvalue weighted by Gasteiger charge is 2.22. The Morgan fingerprint density at radius 2 is 1.90 bits per heavy atom. The molecule has 31 heavy (non-hydrogen) atoms. The fraction of sp³-hybridized carbons (Fsp3) is 0.500. The van der Waals surface area contributed by atoms with Crippen molar-refractivity contribution in [1.82, 2.24) is 5.32 Å². The van der Waals surface area contributed by atoms with E-state index in [1.165, 1.54) is 30.6 Å². The van der Waals surface area contributed by atoms with E-state index in [1.54, 1.807) is 23.5 Å². The van der Waals surface area contributed by atoms with Crippen LogP contribution in [0, 0.1) is 11.8 Å². The number of hydrogen-bond acceptors (Lipinski definition) is 5. The second-order valence-electron chi connectivity index (χ2n) is 8.71. The van der Waals surface area contributed by atoms with E-state index in [9.17, 15) is 14.7 Å². The largest absolute Gasteiger partial charge is 0.550 e. The number of carboxylic acids is 1. The van der Waals surface area contributed by atoms with Crippen LogP contribution in [-0.2, 0) is 11.2 Å². The molecule has 168 valence electrons. The molecule has 2 aromatic heterocycles. The van der Waals surface area contributed by atoms with Gasteiger partial charge in [0.2, 0.25) is 0 Å². The number of carboxylic acid groups (broad SMARTS) is 1. The van der Waals surface area contributed by atoms with Crippen LogP contribution in [0.4, 0.5) is 0 Å². The Balaban J connectivity index is 1.96. The number of furan rings is 1. The van der Waals surface area contributed by atoms with E-state index in [1.807, 2.05) is 27.2 Å². The van der Waals surface area contributed by atoms with Crippen LogP contribution in [0.3, 0.4) is 0 Å². The highest BCUT2D eigenvalue weighted by molar-refractivity contribution is 7.12. The number of rotatable bonds is 11. The van der Waals surface area contributed by atoms with Gasteiger partial charge < -0.3 is 24.1 Å². The Kier molecular flexibility index (Phi) is 9.35. The molecule has 0 spiro atoms. The zero-order chi connectivity index (χ0) is 22.9. The molecule has 1 amide bonds. The quantitative estimate of drug-likeness (QED) is 0.328. The van der Waals surface area contributed by atoms with Gasteiger partial charge in [-0.15, -0.1) is 11.3 Å². The van der Waals surface area contributed by atoms with Crippen molar-refractivity contribution in [2.45, 2.75) is 51.5 Å². The van der Waals surface area contributed by atoms with E-state index in [0.29, 0.717) is 16.8 Å². The number of amides is 1. The summed E-state index contributed by atoms with van der Waals surface area (Å²) < 4.78 is 6.06. The van der Waals surface area contributed by atoms with Crippen molar-refractivity contribution in [1.29, 1.82) is 0 Å². The summed E-state index contributed by atoms with van der Waals surface area (Å²) in [6.45, 7) is 2.66. The van der Waals surface area contributed by atoms with E-state index in [2.05, 4.69) is 30.1 Å². The van der Waals surface area contributed by atoms with Crippen LogP contribution in [0.1, 0.15) is 65.1 Å². The Morgan fingerprint density at radius 1 is 1.13 bits per heavy atom. The summed E-state index contributed by atoms with van der Waals surface area (Å²) in [5.41, 5.74) is 0. The van der Waals surface area contributed by atoms with Gasteiger partial charge in [0.05, 0.1) is 38.6 Å². The first-order valence-electron chi connectivity index (χ1n) is 10.7. The monoisotopic (exact) mass is 444 g/mol. The summed E-state index contributed by atoms with van der Waals surface area (Å²) in [5.74, 6) is 4.88. The summed E-state index contributed by atoms with van der Waals surface area (Å²) in [7, 11) is 5.78. The molecule has 6 nitrogen and oxygen atoms in total. The number of aryl methyl sites for hydroxylation is 1. The normalized spacial score (nSPS) is 12.1. The first kappa shape index (κ1) is 24.7. The van der Waals surface area contributed by atoms with Gasteiger partial charge in [-0.05, 0) is 48.9 Å². The number of likely N-dealkylation sites (N-methyl/N-ethyl adjacent to an activating group) is 1. The number of nitrogens with zero attached hydrogens (tertiary/aromatic N) is 1. The van der Waals surface area contributed by atoms with Crippen LogP contribution in [0.15, 0.2) is 28.7 Å². The number of carbonyl (C=O) groups is 2. The molecule has 1 unspecified atom stereocenters. The topological polar surface area (TPSA) is 82.4 Å². The van der Waals surface area contributed by atoms with Crippen LogP contribution in [-0.4, -0.2) is 50.1 Å². The van der Waals surface area contributed by atoms with Crippen LogP contribution >= 0.6 is 11.3 Å². The SMILES string of the molecule is CCCCCCc1ccc(C#Cc2ccc(C(=O)NC(CC(=O)[O-])C[N+](C)(C)C)o2)s1. The van der Waals surface area contributed by atoms with Gasteiger partial charge >= 0.3 is 0 Å². The second-order valence-corrected chi connectivity index (χ2v) is 9.88. The third-order valence-corrected chi connectivity index (χ3v) is 5.65. The fourth-order valence-electron chi connectivity index (χ4n) is 3.24. The first-order chi connectivity index (χ1) is 14.7. The first-order valence-corrected chi connectivity index (χ1v) is 11.5. The van der Waals surface area contributed by atoms with Crippen LogP contribution < -0.4 is 10.4 Å². The standard InChI is InChI=1S/C24H32N2O4S/c1-5-6-7-8-9-20-13-14-21(31-20)12-10-19-11-15-22(30-19)24(29)25-18(16-23(27)28)17-26(2,3)4/h11,13-15,18H,5-9,16-17H2,1-4H3,(H-,25,27,28,29). The van der Waals surface area contributed by atoms with E-state index in [0.717, 1.165) is 11.3 Å². The van der Waals surface area contributed by atoms with E-state index >= 15 is 0 Å². The summed E-state index contributed by atoms with van der Waals surface area (Å²) in [4.78, 5) is 25.8. The molecule has 0 bridgehead atoms. The smallest absolute Gasteiger partial charge is 0.287 e. The average molecular weight is 445 g/mol. The van der Waals surface area contributed by atoms with Crippen molar-refractivity contribution in [2.75, 3.05) is 27.7 Å². The lowest BCUT2D eigenvalue weighted by atomic mass is 10.1. The van der Waals surface area contributed by atoms with E-state index in [-0.39, 0.29) is 12.2 Å². The van der Waals surface area contributed by atoms with Crippen molar-refractivity contribution in [2.24, 2.45) is 0 Å². The maximum Gasteiger partial charge on any atom is 0.287 e. The van der Waals surface area contributed by atoms with Crippen molar-refractivity contribution < 1.29 is 23.6 Å². The van der Waals surface area contributed by atoms with Crippen LogP contribution in [0.25, 0.3) is 0 Å². The maximum absolute atomic E-state index is 12.5. The Bertz CT molecular complexity index is 927. The summed E-state index contributed by atoms with van der Waals surface area (Å²) in [5, 5.41) is 13.7. The number of unbranched alkanes of at least 4 members (excludes halogenated alkanes) is 3. The third kappa shape index (κ3) is 9.41. The summed E-state index contributed by atoms with van der Waals surface area (Å²) in [6, 6.07) is 6.77. The zero-order valence-corrected chi connectivity index (χ0v) is 19.6. The highest BCUT2D eigenvalue weighted by Crippen LogP contribution is 2.18. The molecule has 1 atom stereocenters. The molecule has 0 aliphatic rings. The minimum atomic E-state index is -1.20. The molecule has 0 saturated carbocycles. The van der Waals surface area contributed by atoms with Gasteiger partial charge in [-0.2, -0.15) is 0 Å². The Morgan fingerprint density at radius 3 is 2.58 bits per heavy atom. The van der Waals surface area contributed by atoms with Gasteiger partial charge in [-0.1, -0.05) is 26.2 Å². The molecule has 0 radical (unpaired) electrons. The number of thiophene rings is 1. The molecule has 0 aromatic carbocycles. The molecule has 7 heteroatoms. The van der Waals surface area contributed by atoms with Crippen molar-refractivity contribution in [3.05, 3.63) is 45.5 Å². The number of hydrogen-bond donors (Lipinski definition) is 1. The van der Waals surface area contributed by atoms with Gasteiger partial charge in [0, 0.05) is 17.3 Å². The predicted molar refractivity (Wildman–Crippen MR) is 121 cm³/mol. The lowest BCUT2D eigenvalue weighted by Gasteiger charge is -2.29. The molecule has 2 heterocycles. The lowest BCUT2D eigenvalue weighted by Crippen LogP contribution is -2.50. The molecule has 1 N–H and O–H groups in total. The number of aliphatic carboxylic acids is 1. The van der Waals surface area contributed by atoms with Crippen LogP contribution in [0.2, 0.25) is 0 Å². The average Bonchev–Trinajstić information content (AvgIpc) is 3.31. The van der Waals surface area contributed by atoms with Gasteiger partial charge in [0.15, 0.2) is 11.5 Å². The number of nitrogens with one attached hydrogen (secondary N) is 1. The van der Waals surface area contributed by atoms with Crippen molar-refractivity contribution in [3.8, 4) is 11.8 Å². The van der Waals surface area contributed by atoms with Crippen molar-refractivity contribution in [3.63, 3.8) is 0 Å². The molecule has 0 fully saturated rings. The fourth-order valence-corrected chi connectivity index (χ4v) is 4.14. The predicted octanol–water partition coefficient (Wildman–Crippen LogP) is 2.81. The molecule has 0 saturated heterocycles. The third-order valence-electron chi connectivity index (χ3n) is 4.59. The molecular weight excluding hydrogens is 412 g/mol. The zero-order valence-electron chi connectivity index (χ0n) is 18.8. The number of quaternary nitrogens is 1. The van der Waals surface area contributed by atoms with Gasteiger partial charge in [0.1, 0.15) is 0 Å². The molecule has 2 rings (SSSR count). The van der Waals surface area contributed by atoms with E-state index in [4.69, 9.17) is 4.42 Å². The minimum Gasteiger partial charge on any atom is -0.550 e. The molecule has 0 aliphatic carbocycles. The number of carbonyl (C=O) groups excluding carboxylic acids is 2. The molecular formula is C24H32N2O4S. The van der Waals surface area contributed by atoms with Crippen LogP contribution in [0.5, 0.6) is 0 Å². The van der Waals surface area contributed by atoms with E-state index < -0.39 is 17.9 Å². The van der Waals surface area contributed by atoms with Gasteiger partial charge in [-0.25, -0.2) is 0 Å². The Labute approximate surface area is 188 Å². The summed E-state index contributed by atoms with van der Waals surface area (Å²) in [6.07, 6.45) is 5.79. The highest BCUT2D eigenvalue weighted by atomic mass is 32.1. The lowest BCUT2D eigenvalue weighted by molar-refractivity contribution is -0.871.